The number of benzene rings is 1. The van der Waals surface area contributed by atoms with E-state index in [-0.39, 0.29) is 23.5 Å². The van der Waals surface area contributed by atoms with Crippen molar-refractivity contribution in [3.8, 4) is 11.5 Å². The van der Waals surface area contributed by atoms with Crippen LogP contribution in [0.1, 0.15) is 28.5 Å². The van der Waals surface area contributed by atoms with Crippen LogP contribution in [0, 0.1) is 6.92 Å². The molecule has 138 valence electrons. The van der Waals surface area contributed by atoms with Crippen LogP contribution in [0.3, 0.4) is 0 Å². The third-order valence-corrected chi connectivity index (χ3v) is 6.39. The Labute approximate surface area is 151 Å². The lowest BCUT2D eigenvalue weighted by atomic mass is 10.2. The average molecular weight is 377 g/mol. The quantitative estimate of drug-likeness (QED) is 0.872. The molecule has 0 bridgehead atoms. The molecule has 1 saturated heterocycles. The number of nitrogens with one attached hydrogen (secondary N) is 1. The molecule has 1 aromatic heterocycles. The third kappa shape index (κ3) is 3.14. The molecule has 1 atom stereocenters. The van der Waals surface area contributed by atoms with Gasteiger partial charge < -0.3 is 14.8 Å². The minimum absolute atomic E-state index is 0.0682. The van der Waals surface area contributed by atoms with Gasteiger partial charge in [0.15, 0.2) is 21.3 Å². The van der Waals surface area contributed by atoms with E-state index in [0.717, 1.165) is 0 Å². The van der Waals surface area contributed by atoms with Gasteiger partial charge in [0, 0.05) is 17.4 Å². The van der Waals surface area contributed by atoms with Gasteiger partial charge in [0.2, 0.25) is 0 Å². The lowest BCUT2D eigenvalue weighted by molar-refractivity contribution is 0.102. The second kappa shape index (κ2) is 6.31. The highest BCUT2D eigenvalue weighted by molar-refractivity contribution is 7.91. The van der Waals surface area contributed by atoms with Crippen LogP contribution in [0.25, 0.3) is 0 Å². The van der Waals surface area contributed by atoms with Crippen molar-refractivity contribution in [2.75, 3.05) is 30.0 Å². The van der Waals surface area contributed by atoms with Crippen LogP contribution in [-0.2, 0) is 9.84 Å². The summed E-state index contributed by atoms with van der Waals surface area (Å²) in [5, 5.41) is 7.07. The number of ether oxygens (including phenoxy) is 2. The van der Waals surface area contributed by atoms with E-state index in [9.17, 15) is 13.2 Å². The lowest BCUT2D eigenvalue weighted by Gasteiger charge is -2.19. The fourth-order valence-corrected chi connectivity index (χ4v) is 4.99. The first-order valence-corrected chi connectivity index (χ1v) is 10.2. The predicted octanol–water partition coefficient (Wildman–Crippen LogP) is 1.57. The number of rotatable bonds is 3. The highest BCUT2D eigenvalue weighted by atomic mass is 32.2. The van der Waals surface area contributed by atoms with Crippen molar-refractivity contribution in [1.82, 2.24) is 9.78 Å². The van der Waals surface area contributed by atoms with E-state index in [2.05, 4.69) is 10.4 Å². The van der Waals surface area contributed by atoms with Gasteiger partial charge in [-0.2, -0.15) is 5.10 Å². The van der Waals surface area contributed by atoms with Crippen molar-refractivity contribution in [2.24, 2.45) is 0 Å². The maximum Gasteiger partial charge on any atom is 0.259 e. The molecule has 8 nitrogen and oxygen atoms in total. The average Bonchev–Trinajstić information content (AvgIpc) is 3.16. The summed E-state index contributed by atoms with van der Waals surface area (Å²) in [6.07, 6.45) is 2.00. The number of nitrogens with zero attached hydrogens (tertiary/aromatic N) is 2. The molecule has 1 aromatic carbocycles. The predicted molar refractivity (Wildman–Crippen MR) is 94.7 cm³/mol. The van der Waals surface area contributed by atoms with Crippen LogP contribution >= 0.6 is 0 Å². The lowest BCUT2D eigenvalue weighted by Crippen LogP contribution is -2.17. The molecule has 4 rings (SSSR count). The number of fused-ring (bicyclic) bond motifs is 1. The molecule has 0 saturated carbocycles. The van der Waals surface area contributed by atoms with Gasteiger partial charge in [-0.25, -0.2) is 8.42 Å². The molecule has 1 unspecified atom stereocenters. The molecular weight excluding hydrogens is 358 g/mol. The van der Waals surface area contributed by atoms with Crippen molar-refractivity contribution in [3.05, 3.63) is 35.7 Å². The molecule has 0 aliphatic carbocycles. The summed E-state index contributed by atoms with van der Waals surface area (Å²) < 4.78 is 36.0. The van der Waals surface area contributed by atoms with Crippen molar-refractivity contribution < 1.29 is 22.7 Å². The Morgan fingerprint density at radius 2 is 2.04 bits per heavy atom. The molecule has 0 spiro atoms. The summed E-state index contributed by atoms with van der Waals surface area (Å²) in [4.78, 5) is 12.6. The third-order valence-electron chi connectivity index (χ3n) is 4.64. The first-order valence-electron chi connectivity index (χ1n) is 8.38. The molecule has 1 amide bonds. The molecule has 3 heterocycles. The van der Waals surface area contributed by atoms with Crippen LogP contribution in [0.15, 0.2) is 24.4 Å². The second-order valence-corrected chi connectivity index (χ2v) is 8.69. The van der Waals surface area contributed by atoms with Gasteiger partial charge >= 0.3 is 0 Å². The minimum Gasteiger partial charge on any atom is -0.486 e. The summed E-state index contributed by atoms with van der Waals surface area (Å²) in [5.74, 6) is 1.18. The van der Waals surface area contributed by atoms with Crippen LogP contribution in [0.4, 0.5) is 5.69 Å². The van der Waals surface area contributed by atoms with Gasteiger partial charge in [-0.05, 0) is 25.5 Å². The first kappa shape index (κ1) is 16.9. The number of anilines is 1. The SMILES string of the molecule is Cc1c(C(=O)Nc2ccc3c(c2)OCCO3)cnn1C1CCS(=O)(=O)C1. The van der Waals surface area contributed by atoms with Crippen LogP contribution in [-0.4, -0.2) is 48.8 Å². The van der Waals surface area contributed by atoms with Gasteiger partial charge in [-0.15, -0.1) is 0 Å². The van der Waals surface area contributed by atoms with Crippen molar-refractivity contribution in [1.29, 1.82) is 0 Å². The number of amides is 1. The largest absolute Gasteiger partial charge is 0.486 e. The zero-order chi connectivity index (χ0) is 18.3. The minimum atomic E-state index is -3.02. The van der Waals surface area contributed by atoms with E-state index in [4.69, 9.17) is 9.47 Å². The fraction of sp³-hybridized carbons (Fsp3) is 0.412. The number of carbonyl (C=O) groups is 1. The van der Waals surface area contributed by atoms with Gasteiger partial charge in [0.05, 0.1) is 29.3 Å². The molecule has 2 aromatic rings. The molecule has 1 N–H and O–H groups in total. The maximum atomic E-state index is 12.6. The maximum absolute atomic E-state index is 12.6. The van der Waals surface area contributed by atoms with Gasteiger partial charge in [0.1, 0.15) is 13.2 Å². The molecule has 2 aliphatic heterocycles. The first-order chi connectivity index (χ1) is 12.4. The monoisotopic (exact) mass is 377 g/mol. The van der Waals surface area contributed by atoms with E-state index < -0.39 is 9.84 Å². The molecule has 26 heavy (non-hydrogen) atoms. The summed E-state index contributed by atoms with van der Waals surface area (Å²) in [6.45, 7) is 2.76. The van der Waals surface area contributed by atoms with Crippen molar-refractivity contribution >= 4 is 21.4 Å². The highest BCUT2D eigenvalue weighted by Crippen LogP contribution is 2.33. The number of hydrogen-bond acceptors (Lipinski definition) is 6. The summed E-state index contributed by atoms with van der Waals surface area (Å²) >= 11 is 0. The van der Waals surface area contributed by atoms with E-state index in [0.29, 0.717) is 48.1 Å². The summed E-state index contributed by atoms with van der Waals surface area (Å²) in [5.41, 5.74) is 1.67. The molecule has 2 aliphatic rings. The number of hydrogen-bond donors (Lipinski definition) is 1. The fourth-order valence-electron chi connectivity index (χ4n) is 3.30. The Hall–Kier alpha value is -2.55. The number of carbonyl (C=O) groups excluding carboxylic acids is 1. The van der Waals surface area contributed by atoms with Crippen LogP contribution < -0.4 is 14.8 Å². The zero-order valence-corrected chi connectivity index (χ0v) is 15.1. The summed E-state index contributed by atoms with van der Waals surface area (Å²) in [6, 6.07) is 5.00. The number of aromatic nitrogens is 2. The van der Waals surface area contributed by atoms with E-state index >= 15 is 0 Å². The highest BCUT2D eigenvalue weighted by Gasteiger charge is 2.31. The Bertz CT molecular complexity index is 967. The number of sulfone groups is 1. The van der Waals surface area contributed by atoms with Gasteiger partial charge in [0.25, 0.3) is 5.91 Å². The normalized spacial score (nSPS) is 20.7. The molecular formula is C17H19N3O5S. The topological polar surface area (TPSA) is 99.5 Å². The standard InChI is InChI=1S/C17H19N3O5S/c1-11-14(9-18-20(11)13-4-7-26(22,23)10-13)17(21)19-12-2-3-15-16(8-12)25-6-5-24-15/h2-3,8-9,13H,4-7,10H2,1H3,(H,19,21). The van der Waals surface area contributed by atoms with Gasteiger partial charge in [-0.1, -0.05) is 0 Å². The Morgan fingerprint density at radius 1 is 1.27 bits per heavy atom. The van der Waals surface area contributed by atoms with Crippen molar-refractivity contribution in [3.63, 3.8) is 0 Å². The van der Waals surface area contributed by atoms with E-state index in [1.54, 1.807) is 29.8 Å². The van der Waals surface area contributed by atoms with Crippen molar-refractivity contribution in [2.45, 2.75) is 19.4 Å². The molecule has 0 radical (unpaired) electrons. The van der Waals surface area contributed by atoms with E-state index in [1.807, 2.05) is 0 Å². The van der Waals surface area contributed by atoms with Crippen LogP contribution in [0.2, 0.25) is 0 Å². The Kier molecular flexibility index (Phi) is 4.10. The smallest absolute Gasteiger partial charge is 0.259 e. The molecule has 1 fully saturated rings. The summed E-state index contributed by atoms with van der Waals surface area (Å²) in [7, 11) is -3.02. The van der Waals surface area contributed by atoms with E-state index in [1.165, 1.54) is 6.20 Å². The second-order valence-electron chi connectivity index (χ2n) is 6.46. The molecule has 9 heteroatoms. The zero-order valence-electron chi connectivity index (χ0n) is 14.3. The Balaban J connectivity index is 1.52. The van der Waals surface area contributed by atoms with Gasteiger partial charge in [-0.3, -0.25) is 9.48 Å². The Morgan fingerprint density at radius 3 is 2.77 bits per heavy atom. The van der Waals surface area contributed by atoms with Crippen LogP contribution in [0.5, 0.6) is 11.5 Å².